The Labute approximate surface area is 101 Å². The van der Waals surface area contributed by atoms with Gasteiger partial charge in [0.05, 0.1) is 5.01 Å². The fourth-order valence-electron chi connectivity index (χ4n) is 3.49. The minimum atomic E-state index is 0.966. The predicted molar refractivity (Wildman–Crippen MR) is 67.5 cm³/mol. The summed E-state index contributed by atoms with van der Waals surface area (Å²) < 4.78 is 0. The molecular formula is C13H20N2S. The Kier molecular flexibility index (Phi) is 2.99. The van der Waals surface area contributed by atoms with Crippen molar-refractivity contribution in [1.82, 2.24) is 10.3 Å². The first kappa shape index (κ1) is 10.7. The van der Waals surface area contributed by atoms with E-state index in [0.717, 1.165) is 24.3 Å². The first-order chi connectivity index (χ1) is 7.81. The maximum absolute atomic E-state index is 4.28. The van der Waals surface area contributed by atoms with Gasteiger partial charge in [-0.05, 0) is 50.5 Å². The lowest BCUT2D eigenvalue weighted by Crippen LogP contribution is -2.25. The van der Waals surface area contributed by atoms with Crippen LogP contribution in [0.5, 0.6) is 0 Å². The van der Waals surface area contributed by atoms with Crippen molar-refractivity contribution < 1.29 is 0 Å². The number of nitrogens with zero attached hydrogens (tertiary/aromatic N) is 1. The fourth-order valence-corrected chi connectivity index (χ4v) is 4.26. The van der Waals surface area contributed by atoms with Crippen molar-refractivity contribution in [2.75, 3.05) is 6.54 Å². The van der Waals surface area contributed by atoms with Crippen LogP contribution in [0.1, 0.15) is 35.6 Å². The molecule has 1 heterocycles. The Morgan fingerprint density at radius 3 is 3.00 bits per heavy atom. The number of rotatable bonds is 4. The zero-order chi connectivity index (χ0) is 11.0. The highest BCUT2D eigenvalue weighted by molar-refractivity contribution is 7.11. The van der Waals surface area contributed by atoms with Crippen molar-refractivity contribution in [3.05, 3.63) is 16.1 Å². The molecule has 2 nitrogen and oxygen atoms in total. The summed E-state index contributed by atoms with van der Waals surface area (Å²) >= 11 is 1.81. The molecule has 3 unspecified atom stereocenters. The molecule has 2 saturated carbocycles. The Bertz CT molecular complexity index is 361. The lowest BCUT2D eigenvalue weighted by Gasteiger charge is -2.21. The number of hydrogen-bond donors (Lipinski definition) is 1. The molecule has 3 heteroatoms. The Morgan fingerprint density at radius 1 is 1.44 bits per heavy atom. The molecule has 2 fully saturated rings. The SMILES string of the molecule is Cc1ncc(CNCC2CC3CCC2C3)s1. The van der Waals surface area contributed by atoms with Gasteiger partial charge in [-0.25, -0.2) is 4.98 Å². The van der Waals surface area contributed by atoms with Crippen molar-refractivity contribution >= 4 is 11.3 Å². The summed E-state index contributed by atoms with van der Waals surface area (Å²) in [6.07, 6.45) is 8.02. The van der Waals surface area contributed by atoms with Crippen LogP contribution in [0.4, 0.5) is 0 Å². The molecule has 16 heavy (non-hydrogen) atoms. The molecule has 2 bridgehead atoms. The molecule has 0 spiro atoms. The average molecular weight is 236 g/mol. The minimum Gasteiger partial charge on any atom is -0.312 e. The zero-order valence-corrected chi connectivity index (χ0v) is 10.7. The van der Waals surface area contributed by atoms with Gasteiger partial charge >= 0.3 is 0 Å². The molecule has 3 atom stereocenters. The van der Waals surface area contributed by atoms with Gasteiger partial charge in [-0.1, -0.05) is 6.42 Å². The van der Waals surface area contributed by atoms with Gasteiger partial charge in [-0.3, -0.25) is 0 Å². The van der Waals surface area contributed by atoms with E-state index in [1.807, 2.05) is 17.5 Å². The van der Waals surface area contributed by atoms with Crippen LogP contribution >= 0.6 is 11.3 Å². The van der Waals surface area contributed by atoms with Crippen LogP contribution in [0.2, 0.25) is 0 Å². The van der Waals surface area contributed by atoms with Gasteiger partial charge in [0, 0.05) is 17.6 Å². The minimum absolute atomic E-state index is 0.966. The topological polar surface area (TPSA) is 24.9 Å². The van der Waals surface area contributed by atoms with Gasteiger partial charge in [-0.2, -0.15) is 0 Å². The molecule has 2 aliphatic rings. The third-order valence-corrected chi connectivity index (χ3v) is 5.17. The Morgan fingerprint density at radius 2 is 2.38 bits per heavy atom. The van der Waals surface area contributed by atoms with E-state index in [9.17, 15) is 0 Å². The quantitative estimate of drug-likeness (QED) is 0.869. The van der Waals surface area contributed by atoms with Crippen molar-refractivity contribution in [2.45, 2.75) is 39.2 Å². The summed E-state index contributed by atoms with van der Waals surface area (Å²) in [6.45, 7) is 4.31. The van der Waals surface area contributed by atoms with Gasteiger partial charge in [0.1, 0.15) is 0 Å². The largest absolute Gasteiger partial charge is 0.312 e. The summed E-state index contributed by atoms with van der Waals surface area (Å²) in [5, 5.41) is 4.79. The normalized spacial score (nSPS) is 32.4. The number of nitrogens with one attached hydrogen (secondary N) is 1. The summed E-state index contributed by atoms with van der Waals surface area (Å²) in [4.78, 5) is 5.66. The number of fused-ring (bicyclic) bond motifs is 2. The molecule has 2 aliphatic carbocycles. The van der Waals surface area contributed by atoms with Crippen molar-refractivity contribution in [3.8, 4) is 0 Å². The summed E-state index contributed by atoms with van der Waals surface area (Å²) in [6, 6.07) is 0. The van der Waals surface area contributed by atoms with Crippen molar-refractivity contribution in [2.24, 2.45) is 17.8 Å². The smallest absolute Gasteiger partial charge is 0.0897 e. The van der Waals surface area contributed by atoms with Crippen LogP contribution < -0.4 is 5.32 Å². The summed E-state index contributed by atoms with van der Waals surface area (Å²) in [5.74, 6) is 3.08. The van der Waals surface area contributed by atoms with Crippen LogP contribution in [0.15, 0.2) is 6.20 Å². The van der Waals surface area contributed by atoms with E-state index in [1.165, 1.54) is 42.1 Å². The van der Waals surface area contributed by atoms with E-state index < -0.39 is 0 Å². The number of aryl methyl sites for hydroxylation is 1. The first-order valence-corrected chi connectivity index (χ1v) is 7.25. The van der Waals surface area contributed by atoms with Gasteiger partial charge in [0.25, 0.3) is 0 Å². The third kappa shape index (κ3) is 2.16. The van der Waals surface area contributed by atoms with E-state index in [0.29, 0.717) is 0 Å². The summed E-state index contributed by atoms with van der Waals surface area (Å²) in [7, 11) is 0. The fraction of sp³-hybridized carbons (Fsp3) is 0.769. The van der Waals surface area contributed by atoms with Crippen molar-refractivity contribution in [3.63, 3.8) is 0 Å². The standard InChI is InChI=1S/C13H20N2S/c1-9-15-8-13(16-9)7-14-6-12-5-10-2-3-11(12)4-10/h8,10-12,14H,2-7H2,1H3. The van der Waals surface area contributed by atoms with E-state index in [1.54, 1.807) is 0 Å². The van der Waals surface area contributed by atoms with Crippen molar-refractivity contribution in [1.29, 1.82) is 0 Å². The van der Waals surface area contributed by atoms with Gasteiger partial charge < -0.3 is 5.32 Å². The molecule has 1 N–H and O–H groups in total. The molecule has 3 rings (SSSR count). The van der Waals surface area contributed by atoms with Crippen LogP contribution in [-0.2, 0) is 6.54 Å². The lowest BCUT2D eigenvalue weighted by atomic mass is 9.89. The second-order valence-electron chi connectivity index (χ2n) is 5.41. The first-order valence-electron chi connectivity index (χ1n) is 6.43. The monoisotopic (exact) mass is 236 g/mol. The van der Waals surface area contributed by atoms with Gasteiger partial charge in [-0.15, -0.1) is 11.3 Å². The molecular weight excluding hydrogens is 216 g/mol. The highest BCUT2D eigenvalue weighted by atomic mass is 32.1. The highest BCUT2D eigenvalue weighted by Crippen LogP contribution is 2.47. The zero-order valence-electron chi connectivity index (χ0n) is 9.91. The molecule has 88 valence electrons. The van der Waals surface area contributed by atoms with Gasteiger partial charge in [0.15, 0.2) is 0 Å². The average Bonchev–Trinajstić information content (AvgIpc) is 2.94. The Hall–Kier alpha value is -0.410. The van der Waals surface area contributed by atoms with Crippen LogP contribution in [0.25, 0.3) is 0 Å². The number of aromatic nitrogens is 1. The molecule has 0 aromatic carbocycles. The molecule has 0 aliphatic heterocycles. The van der Waals surface area contributed by atoms with Gasteiger partial charge in [0.2, 0.25) is 0 Å². The van der Waals surface area contributed by atoms with E-state index in [4.69, 9.17) is 0 Å². The van der Waals surface area contributed by atoms with Crippen LogP contribution in [-0.4, -0.2) is 11.5 Å². The number of hydrogen-bond acceptors (Lipinski definition) is 3. The van der Waals surface area contributed by atoms with E-state index >= 15 is 0 Å². The highest BCUT2D eigenvalue weighted by Gasteiger charge is 2.38. The molecule has 1 aromatic heterocycles. The van der Waals surface area contributed by atoms with E-state index in [2.05, 4.69) is 17.2 Å². The molecule has 0 saturated heterocycles. The molecule has 1 aromatic rings. The molecule has 0 amide bonds. The third-order valence-electron chi connectivity index (χ3n) is 4.26. The second-order valence-corrected chi connectivity index (χ2v) is 6.73. The Balaban J connectivity index is 1.44. The second kappa shape index (κ2) is 4.46. The van der Waals surface area contributed by atoms with E-state index in [-0.39, 0.29) is 0 Å². The summed E-state index contributed by atoms with van der Waals surface area (Å²) in [5.41, 5.74) is 0. The lowest BCUT2D eigenvalue weighted by molar-refractivity contribution is 0.319. The molecule has 0 radical (unpaired) electrons. The predicted octanol–water partition coefficient (Wildman–Crippen LogP) is 2.98. The maximum Gasteiger partial charge on any atom is 0.0897 e. The maximum atomic E-state index is 4.28. The number of thiazole rings is 1. The van der Waals surface area contributed by atoms with Crippen LogP contribution in [0, 0.1) is 24.7 Å². The van der Waals surface area contributed by atoms with Crippen LogP contribution in [0.3, 0.4) is 0 Å².